The van der Waals surface area contributed by atoms with E-state index in [1.165, 1.54) is 0 Å². The molecule has 0 heterocycles. The summed E-state index contributed by atoms with van der Waals surface area (Å²) in [6, 6.07) is 1.34. The van der Waals surface area contributed by atoms with Crippen LogP contribution in [-0.4, -0.2) is 5.11 Å². The number of aliphatic hydroxyl groups excluding tert-OH is 1. The predicted molar refractivity (Wildman–Crippen MR) is 48.2 cm³/mol. The van der Waals surface area contributed by atoms with Crippen LogP contribution in [0.2, 0.25) is 0 Å². The van der Waals surface area contributed by atoms with Crippen LogP contribution in [0.5, 0.6) is 0 Å². The highest BCUT2D eigenvalue weighted by Gasteiger charge is 2.65. The Hall–Kier alpha value is -1.02. The molecular weight excluding hydrogens is 241 g/mol. The van der Waals surface area contributed by atoms with Gasteiger partial charge in [-0.05, 0) is 23.8 Å². The van der Waals surface area contributed by atoms with Gasteiger partial charge in [0.15, 0.2) is 0 Å². The van der Waals surface area contributed by atoms with Crippen molar-refractivity contribution in [3.8, 4) is 0 Å². The van der Waals surface area contributed by atoms with E-state index in [4.69, 9.17) is 10.8 Å². The van der Waals surface area contributed by atoms with Crippen molar-refractivity contribution in [2.24, 2.45) is 0 Å². The Bertz CT molecular complexity index is 401. The van der Waals surface area contributed by atoms with Gasteiger partial charge in [0, 0.05) is 5.69 Å². The normalized spacial score (nSPS) is 16.9. The quantitative estimate of drug-likeness (QED) is 0.623. The van der Waals surface area contributed by atoms with Gasteiger partial charge in [-0.1, -0.05) is 19.4 Å². The van der Waals surface area contributed by atoms with E-state index in [2.05, 4.69) is 0 Å². The third-order valence-electron chi connectivity index (χ3n) is 1.62. The molecule has 15 heavy (non-hydrogen) atoms. The van der Waals surface area contributed by atoms with E-state index in [9.17, 15) is 19.4 Å². The monoisotopic (exact) mass is 249 g/mol. The number of halogens is 5. The summed E-state index contributed by atoms with van der Waals surface area (Å²) in [5.41, 5.74) is 4.25. The molecule has 0 aliphatic carbocycles. The summed E-state index contributed by atoms with van der Waals surface area (Å²) in [5.74, 6) is 0. The molecule has 3 N–H and O–H groups in total. The molecule has 0 saturated heterocycles. The molecule has 2 nitrogen and oxygen atoms in total. The summed E-state index contributed by atoms with van der Waals surface area (Å²) in [5, 5.41) is 8.57. The minimum Gasteiger partial charge on any atom is -0.399 e. The van der Waals surface area contributed by atoms with Crippen molar-refractivity contribution in [2.45, 2.75) is 11.5 Å². The van der Waals surface area contributed by atoms with E-state index in [0.29, 0.717) is 0 Å². The van der Waals surface area contributed by atoms with Gasteiger partial charge >= 0.3 is 10.2 Å². The molecule has 0 radical (unpaired) electrons. The van der Waals surface area contributed by atoms with Crippen LogP contribution in [-0.2, 0) is 6.61 Å². The number of nitrogens with two attached hydrogens (primary N) is 1. The lowest BCUT2D eigenvalue weighted by atomic mass is 10.2. The Balaban J connectivity index is 3.47. The first-order valence-electron chi connectivity index (χ1n) is 3.67. The summed E-state index contributed by atoms with van der Waals surface area (Å²) in [6.45, 7) is -0.786. The highest BCUT2D eigenvalue weighted by Crippen LogP contribution is 3.02. The average molecular weight is 249 g/mol. The van der Waals surface area contributed by atoms with Crippen molar-refractivity contribution < 1.29 is 24.5 Å². The molecule has 1 aromatic carbocycles. The second-order valence-corrected chi connectivity index (χ2v) is 5.45. The van der Waals surface area contributed by atoms with Gasteiger partial charge in [-0.15, -0.1) is 0 Å². The van der Waals surface area contributed by atoms with Crippen LogP contribution in [0, 0.1) is 0 Å². The number of hydrogen-bond acceptors (Lipinski definition) is 2. The van der Waals surface area contributed by atoms with Gasteiger partial charge in [-0.25, -0.2) is 0 Å². The summed E-state index contributed by atoms with van der Waals surface area (Å²) < 4.78 is 61.5. The first-order valence-corrected chi connectivity index (χ1v) is 5.62. The fourth-order valence-corrected chi connectivity index (χ4v) is 1.73. The summed E-state index contributed by atoms with van der Waals surface area (Å²) >= 11 is 0. The van der Waals surface area contributed by atoms with Gasteiger partial charge in [-0.2, -0.15) is 0 Å². The van der Waals surface area contributed by atoms with Crippen molar-refractivity contribution in [1.29, 1.82) is 0 Å². The lowest BCUT2D eigenvalue weighted by Crippen LogP contribution is -2.07. The molecule has 8 heteroatoms. The third-order valence-corrected chi connectivity index (χ3v) is 2.74. The Labute approximate surface area is 82.2 Å². The third kappa shape index (κ3) is 2.96. The van der Waals surface area contributed by atoms with Gasteiger partial charge in [0.05, 0.1) is 6.61 Å². The molecule has 0 bridgehead atoms. The van der Waals surface area contributed by atoms with Crippen molar-refractivity contribution in [3.63, 3.8) is 0 Å². The SMILES string of the molecule is Nc1cc(CO)cc(S(F)(F)(F)(F)F)c1. The maximum absolute atomic E-state index is 12.3. The van der Waals surface area contributed by atoms with Crippen LogP contribution >= 0.6 is 10.2 Å². The first kappa shape index (κ1) is 12.1. The van der Waals surface area contributed by atoms with Gasteiger partial charge in [-0.3, -0.25) is 0 Å². The van der Waals surface area contributed by atoms with Crippen molar-refractivity contribution in [2.75, 3.05) is 5.73 Å². The molecule has 0 aliphatic rings. The number of benzene rings is 1. The molecule has 0 aromatic heterocycles. The fourth-order valence-electron chi connectivity index (χ4n) is 1.00. The number of aliphatic hydroxyl groups is 1. The molecular formula is C7H8F5NOS. The predicted octanol–water partition coefficient (Wildman–Crippen LogP) is 3.42. The Morgan fingerprint density at radius 3 is 2.00 bits per heavy atom. The highest BCUT2D eigenvalue weighted by atomic mass is 32.5. The van der Waals surface area contributed by atoms with E-state index in [1.807, 2.05) is 0 Å². The molecule has 0 unspecified atom stereocenters. The largest absolute Gasteiger partial charge is 0.399 e. The van der Waals surface area contributed by atoms with E-state index in [0.717, 1.165) is 6.07 Å². The molecule has 0 fully saturated rings. The molecule has 0 saturated carbocycles. The summed E-state index contributed by atoms with van der Waals surface area (Å²) in [6.07, 6.45) is 0. The molecule has 1 rings (SSSR count). The molecule has 0 spiro atoms. The van der Waals surface area contributed by atoms with E-state index < -0.39 is 27.4 Å². The Kier molecular flexibility index (Phi) is 2.06. The van der Waals surface area contributed by atoms with Crippen LogP contribution in [0.1, 0.15) is 5.56 Å². The maximum Gasteiger partial charge on any atom is 0.310 e. The fraction of sp³-hybridized carbons (Fsp3) is 0.143. The summed E-state index contributed by atoms with van der Waals surface area (Å²) in [4.78, 5) is -2.08. The van der Waals surface area contributed by atoms with E-state index in [-0.39, 0.29) is 17.7 Å². The zero-order chi connectivity index (χ0) is 12.0. The standard InChI is InChI=1S/C7H8F5NOS/c8-15(9,10,11,12)7-2-5(4-14)1-6(13)3-7/h1-3,14H,4,13H2. The van der Waals surface area contributed by atoms with Crippen LogP contribution in [0.3, 0.4) is 0 Å². The molecule has 88 valence electrons. The van der Waals surface area contributed by atoms with Crippen molar-refractivity contribution in [3.05, 3.63) is 23.8 Å². The molecule has 1 aromatic rings. The van der Waals surface area contributed by atoms with Gasteiger partial charge in [0.25, 0.3) is 0 Å². The maximum atomic E-state index is 12.3. The van der Waals surface area contributed by atoms with Gasteiger partial charge in [0.2, 0.25) is 0 Å². The Morgan fingerprint density at radius 1 is 1.07 bits per heavy atom. The second-order valence-electron chi connectivity index (χ2n) is 3.04. The lowest BCUT2D eigenvalue weighted by molar-refractivity contribution is 0.281. The van der Waals surface area contributed by atoms with Gasteiger partial charge < -0.3 is 10.8 Å². The Morgan fingerprint density at radius 2 is 1.60 bits per heavy atom. The zero-order valence-corrected chi connectivity index (χ0v) is 8.08. The first-order chi connectivity index (χ1) is 6.42. The minimum absolute atomic E-state index is 0.153. The van der Waals surface area contributed by atoms with Crippen molar-refractivity contribution in [1.82, 2.24) is 0 Å². The van der Waals surface area contributed by atoms with E-state index >= 15 is 0 Å². The number of rotatable bonds is 2. The van der Waals surface area contributed by atoms with Crippen LogP contribution in [0.4, 0.5) is 25.1 Å². The molecule has 0 amide bonds. The summed E-state index contributed by atoms with van der Waals surface area (Å²) in [7, 11) is -9.71. The number of anilines is 1. The van der Waals surface area contributed by atoms with Crippen molar-refractivity contribution >= 4 is 15.9 Å². The second kappa shape index (κ2) is 2.56. The van der Waals surface area contributed by atoms with Crippen LogP contribution < -0.4 is 5.73 Å². The zero-order valence-electron chi connectivity index (χ0n) is 7.26. The minimum atomic E-state index is -9.71. The average Bonchev–Trinajstić information content (AvgIpc) is 1.99. The van der Waals surface area contributed by atoms with Crippen LogP contribution in [0.25, 0.3) is 0 Å². The molecule has 0 atom stereocenters. The highest BCUT2D eigenvalue weighted by molar-refractivity contribution is 8.45. The number of hydrogen-bond donors (Lipinski definition) is 2. The smallest absolute Gasteiger partial charge is 0.310 e. The topological polar surface area (TPSA) is 46.2 Å². The van der Waals surface area contributed by atoms with Gasteiger partial charge in [0.1, 0.15) is 4.90 Å². The number of nitrogen functional groups attached to an aromatic ring is 1. The molecule has 0 aliphatic heterocycles. The van der Waals surface area contributed by atoms with Crippen LogP contribution in [0.15, 0.2) is 23.1 Å². The lowest BCUT2D eigenvalue weighted by Gasteiger charge is -2.40. The van der Waals surface area contributed by atoms with E-state index in [1.54, 1.807) is 0 Å².